The Kier molecular flexibility index (Phi) is 2.78. The summed E-state index contributed by atoms with van der Waals surface area (Å²) in [7, 11) is 0. The number of hydrogen-bond donors (Lipinski definition) is 1. The van der Waals surface area contributed by atoms with Crippen LogP contribution in [0.1, 0.15) is 10.4 Å². The third kappa shape index (κ3) is 1.67. The molecule has 2 N–H and O–H groups in total. The van der Waals surface area contributed by atoms with E-state index in [4.69, 9.17) is 5.90 Å². The maximum atomic E-state index is 11.1. The zero-order chi connectivity index (χ0) is 8.43. The zero-order valence-corrected chi connectivity index (χ0v) is 7.92. The van der Waals surface area contributed by atoms with Gasteiger partial charge in [0.1, 0.15) is 0 Å². The number of nitrogens with two attached hydrogens (primary N) is 1. The van der Waals surface area contributed by atoms with Crippen molar-refractivity contribution in [3.63, 3.8) is 0 Å². The Balaban J connectivity index is 3.10. The molecule has 0 saturated heterocycles. The highest BCUT2D eigenvalue weighted by Gasteiger charge is 2.11. The molecular weight excluding hydrogens is 182 g/mol. The Morgan fingerprint density at radius 2 is 2.27 bits per heavy atom. The van der Waals surface area contributed by atoms with Crippen molar-refractivity contribution in [3.8, 4) is 0 Å². The second-order valence-corrected chi connectivity index (χ2v) is 4.29. The Morgan fingerprint density at radius 3 is 2.64 bits per heavy atom. The third-order valence-corrected chi connectivity index (χ3v) is 3.64. The van der Waals surface area contributed by atoms with E-state index in [0.29, 0.717) is 4.90 Å². The zero-order valence-electron chi connectivity index (χ0n) is 6.29. The normalized spacial score (nSPS) is 13.4. The van der Waals surface area contributed by atoms with E-state index in [1.54, 1.807) is 11.3 Å². The lowest BCUT2D eigenvalue weighted by molar-refractivity contribution is 0.367. The standard InChI is InChI=1S/C6H9NO2S2/c1-4-3-10-5(2)6(4)11(8)9-7/h3H,7H2,1-2H3. The lowest BCUT2D eigenvalue weighted by atomic mass is 10.3. The van der Waals surface area contributed by atoms with E-state index in [2.05, 4.69) is 4.28 Å². The predicted octanol–water partition coefficient (Wildman–Crippen LogP) is 1.28. The lowest BCUT2D eigenvalue weighted by Gasteiger charge is -1.97. The number of aryl methyl sites for hydroxylation is 2. The van der Waals surface area contributed by atoms with Gasteiger partial charge in [0, 0.05) is 4.88 Å². The van der Waals surface area contributed by atoms with Crippen molar-refractivity contribution < 1.29 is 8.49 Å². The van der Waals surface area contributed by atoms with Crippen LogP contribution in [0.3, 0.4) is 0 Å². The van der Waals surface area contributed by atoms with Crippen LogP contribution < -0.4 is 5.90 Å². The fourth-order valence-corrected chi connectivity index (χ4v) is 2.67. The molecule has 0 aromatic carbocycles. The number of hydrogen-bond acceptors (Lipinski definition) is 4. The smallest absolute Gasteiger partial charge is 0.207 e. The van der Waals surface area contributed by atoms with Crippen LogP contribution in [0.15, 0.2) is 10.3 Å². The summed E-state index contributed by atoms with van der Waals surface area (Å²) in [6.45, 7) is 3.78. The molecule has 0 aliphatic carbocycles. The van der Waals surface area contributed by atoms with Gasteiger partial charge < -0.3 is 0 Å². The third-order valence-electron chi connectivity index (χ3n) is 1.34. The fourth-order valence-electron chi connectivity index (χ4n) is 0.858. The fraction of sp³-hybridized carbons (Fsp3) is 0.333. The minimum Gasteiger partial charge on any atom is -0.223 e. The van der Waals surface area contributed by atoms with Crippen molar-refractivity contribution in [2.45, 2.75) is 18.7 Å². The minimum atomic E-state index is -1.49. The second kappa shape index (κ2) is 3.44. The van der Waals surface area contributed by atoms with Gasteiger partial charge in [-0.3, -0.25) is 0 Å². The van der Waals surface area contributed by atoms with Crippen LogP contribution in [0, 0.1) is 13.8 Å². The topological polar surface area (TPSA) is 52.3 Å². The summed E-state index contributed by atoms with van der Waals surface area (Å²) >= 11 is 0.0519. The maximum absolute atomic E-state index is 11.1. The van der Waals surface area contributed by atoms with Crippen molar-refractivity contribution >= 4 is 22.4 Å². The molecule has 0 spiro atoms. The van der Waals surface area contributed by atoms with E-state index in [1.807, 2.05) is 19.2 Å². The van der Waals surface area contributed by atoms with Gasteiger partial charge in [0.25, 0.3) is 0 Å². The van der Waals surface area contributed by atoms with E-state index >= 15 is 0 Å². The van der Waals surface area contributed by atoms with Crippen LogP contribution >= 0.6 is 11.3 Å². The average Bonchev–Trinajstić information content (AvgIpc) is 2.30. The van der Waals surface area contributed by atoms with Gasteiger partial charge in [0.05, 0.1) is 4.90 Å². The molecule has 1 aromatic rings. The molecule has 1 aromatic heterocycles. The summed E-state index contributed by atoms with van der Waals surface area (Å²) < 4.78 is 15.3. The van der Waals surface area contributed by atoms with Crippen molar-refractivity contribution in [2.24, 2.45) is 5.90 Å². The Hall–Kier alpha value is -0.230. The van der Waals surface area contributed by atoms with Gasteiger partial charge in [-0.05, 0) is 24.8 Å². The van der Waals surface area contributed by atoms with Gasteiger partial charge in [-0.1, -0.05) is 0 Å². The van der Waals surface area contributed by atoms with Gasteiger partial charge in [-0.15, -0.1) is 11.3 Å². The molecule has 11 heavy (non-hydrogen) atoms. The molecule has 0 fully saturated rings. The summed E-state index contributed by atoms with van der Waals surface area (Å²) in [5.74, 6) is 4.81. The molecule has 0 amide bonds. The molecule has 0 saturated carbocycles. The van der Waals surface area contributed by atoms with Gasteiger partial charge in [0.15, 0.2) is 0 Å². The molecule has 1 heterocycles. The number of rotatable bonds is 2. The van der Waals surface area contributed by atoms with Gasteiger partial charge in [-0.25, -0.2) is 4.21 Å². The molecule has 3 nitrogen and oxygen atoms in total. The molecule has 0 bridgehead atoms. The molecule has 1 unspecified atom stereocenters. The Morgan fingerprint density at radius 1 is 1.64 bits per heavy atom. The van der Waals surface area contributed by atoms with Gasteiger partial charge in [-0.2, -0.15) is 10.2 Å². The van der Waals surface area contributed by atoms with Gasteiger partial charge in [0.2, 0.25) is 11.1 Å². The molecule has 0 aliphatic heterocycles. The molecule has 0 aliphatic rings. The second-order valence-electron chi connectivity index (χ2n) is 2.13. The highest BCUT2D eigenvalue weighted by molar-refractivity contribution is 7.80. The monoisotopic (exact) mass is 191 g/mol. The average molecular weight is 191 g/mol. The van der Waals surface area contributed by atoms with Crippen molar-refractivity contribution in [3.05, 3.63) is 15.8 Å². The molecule has 5 heteroatoms. The quantitative estimate of drug-likeness (QED) is 0.716. The minimum absolute atomic E-state index is 0.706. The van der Waals surface area contributed by atoms with Crippen LogP contribution in [0.25, 0.3) is 0 Å². The van der Waals surface area contributed by atoms with Crippen LogP contribution in [0.2, 0.25) is 0 Å². The van der Waals surface area contributed by atoms with E-state index in [9.17, 15) is 4.21 Å². The van der Waals surface area contributed by atoms with E-state index in [1.165, 1.54) is 0 Å². The van der Waals surface area contributed by atoms with E-state index in [-0.39, 0.29) is 0 Å². The Labute approximate surface area is 71.8 Å². The predicted molar refractivity (Wildman–Crippen MR) is 45.5 cm³/mol. The van der Waals surface area contributed by atoms with E-state index in [0.717, 1.165) is 10.4 Å². The van der Waals surface area contributed by atoms with Crippen molar-refractivity contribution in [2.75, 3.05) is 0 Å². The highest BCUT2D eigenvalue weighted by Crippen LogP contribution is 2.24. The molecule has 62 valence electrons. The summed E-state index contributed by atoms with van der Waals surface area (Å²) in [6, 6.07) is 0. The first kappa shape index (κ1) is 8.86. The lowest BCUT2D eigenvalue weighted by Crippen LogP contribution is -2.04. The Bertz CT molecular complexity index is 263. The summed E-state index contributed by atoms with van der Waals surface area (Å²) in [4.78, 5) is 1.70. The van der Waals surface area contributed by atoms with Crippen LogP contribution in [-0.2, 0) is 15.4 Å². The van der Waals surface area contributed by atoms with Crippen LogP contribution in [0.4, 0.5) is 0 Å². The number of thiophene rings is 1. The SMILES string of the molecule is Cc1csc(C)c1S(=O)ON. The summed E-state index contributed by atoms with van der Waals surface area (Å²) in [6.07, 6.45) is 0. The van der Waals surface area contributed by atoms with E-state index < -0.39 is 11.1 Å². The maximum Gasteiger partial charge on any atom is 0.207 e. The highest BCUT2D eigenvalue weighted by atomic mass is 32.2. The van der Waals surface area contributed by atoms with Gasteiger partial charge >= 0.3 is 0 Å². The van der Waals surface area contributed by atoms with Crippen LogP contribution in [-0.4, -0.2) is 4.21 Å². The van der Waals surface area contributed by atoms with Crippen molar-refractivity contribution in [1.29, 1.82) is 0 Å². The first-order chi connectivity index (χ1) is 5.16. The molecule has 1 rings (SSSR count). The van der Waals surface area contributed by atoms with Crippen LogP contribution in [0.5, 0.6) is 0 Å². The molecule has 0 radical (unpaired) electrons. The molecular formula is C6H9NO2S2. The van der Waals surface area contributed by atoms with Crippen molar-refractivity contribution in [1.82, 2.24) is 0 Å². The first-order valence-corrected chi connectivity index (χ1v) is 4.96. The summed E-state index contributed by atoms with van der Waals surface area (Å²) in [5.41, 5.74) is 0.969. The summed E-state index contributed by atoms with van der Waals surface area (Å²) in [5, 5.41) is 1.93. The largest absolute Gasteiger partial charge is 0.223 e. The molecule has 1 atom stereocenters. The first-order valence-electron chi connectivity index (χ1n) is 3.00.